The number of nitrogens with zero attached hydrogens (tertiary/aromatic N) is 1. The van der Waals surface area contributed by atoms with E-state index >= 15 is 0 Å². The molecule has 1 aliphatic carbocycles. The van der Waals surface area contributed by atoms with Crippen LogP contribution in [0.15, 0.2) is 30.3 Å². The molecule has 21 heavy (non-hydrogen) atoms. The molecule has 0 radical (unpaired) electrons. The van der Waals surface area contributed by atoms with E-state index in [1.165, 1.54) is 36.6 Å². The van der Waals surface area contributed by atoms with Gasteiger partial charge < -0.3 is 5.32 Å². The largest absolute Gasteiger partial charge is 0.310 e. The second-order valence-corrected chi connectivity index (χ2v) is 6.43. The first kappa shape index (κ1) is 14.8. The van der Waals surface area contributed by atoms with Crippen LogP contribution in [0.5, 0.6) is 0 Å². The van der Waals surface area contributed by atoms with Crippen molar-refractivity contribution in [3.05, 3.63) is 41.6 Å². The molecule has 2 aromatic rings. The molecular weight excluding hydrogens is 280 g/mol. The number of hydrogen-bond donors (Lipinski definition) is 1. The van der Waals surface area contributed by atoms with Gasteiger partial charge in [-0.2, -0.15) is 0 Å². The van der Waals surface area contributed by atoms with Crippen molar-refractivity contribution in [3.8, 4) is 0 Å². The third-order valence-corrected chi connectivity index (χ3v) is 4.99. The Kier molecular flexibility index (Phi) is 4.77. The van der Waals surface area contributed by atoms with Crippen LogP contribution in [0.3, 0.4) is 0 Å². The van der Waals surface area contributed by atoms with Gasteiger partial charge in [0.05, 0.1) is 5.52 Å². The lowest BCUT2D eigenvalue weighted by Crippen LogP contribution is -2.39. The Morgan fingerprint density at radius 3 is 2.90 bits per heavy atom. The van der Waals surface area contributed by atoms with E-state index in [0.29, 0.717) is 12.0 Å². The summed E-state index contributed by atoms with van der Waals surface area (Å²) >= 11 is 6.13. The van der Waals surface area contributed by atoms with Crippen LogP contribution in [-0.4, -0.2) is 16.9 Å². The average molecular weight is 303 g/mol. The molecule has 1 N–H and O–H groups in total. The van der Waals surface area contributed by atoms with Gasteiger partial charge in [0.25, 0.3) is 0 Å². The van der Waals surface area contributed by atoms with Crippen LogP contribution in [0.1, 0.15) is 36.9 Å². The van der Waals surface area contributed by atoms with E-state index in [-0.39, 0.29) is 0 Å². The number of aryl methyl sites for hydroxylation is 1. The van der Waals surface area contributed by atoms with Gasteiger partial charge in [-0.15, -0.1) is 11.6 Å². The summed E-state index contributed by atoms with van der Waals surface area (Å²) in [5.74, 6) is 1.39. The molecule has 112 valence electrons. The number of hydrogen-bond acceptors (Lipinski definition) is 2. The van der Waals surface area contributed by atoms with Crippen LogP contribution in [0, 0.1) is 12.8 Å². The molecular formula is C18H23ClN2. The Balaban J connectivity index is 1.78. The van der Waals surface area contributed by atoms with Gasteiger partial charge in [0.1, 0.15) is 0 Å². The SMILES string of the molecule is Cc1cc(CNC2CCCCC2CCl)c2ccccc2n1. The van der Waals surface area contributed by atoms with Gasteiger partial charge in [0.15, 0.2) is 0 Å². The van der Waals surface area contributed by atoms with E-state index < -0.39 is 0 Å². The predicted molar refractivity (Wildman–Crippen MR) is 89.8 cm³/mol. The van der Waals surface area contributed by atoms with Gasteiger partial charge in [0, 0.05) is 29.5 Å². The zero-order chi connectivity index (χ0) is 14.7. The summed E-state index contributed by atoms with van der Waals surface area (Å²) in [5, 5.41) is 5.00. The molecule has 2 nitrogen and oxygen atoms in total. The highest BCUT2D eigenvalue weighted by Gasteiger charge is 2.23. The zero-order valence-electron chi connectivity index (χ0n) is 12.6. The Morgan fingerprint density at radius 2 is 2.05 bits per heavy atom. The number of halogens is 1. The Morgan fingerprint density at radius 1 is 1.24 bits per heavy atom. The van der Waals surface area contributed by atoms with Crippen molar-refractivity contribution in [1.29, 1.82) is 0 Å². The maximum absolute atomic E-state index is 6.13. The van der Waals surface area contributed by atoms with Gasteiger partial charge in [-0.3, -0.25) is 4.98 Å². The third kappa shape index (κ3) is 3.38. The highest BCUT2D eigenvalue weighted by molar-refractivity contribution is 6.18. The third-order valence-electron chi connectivity index (χ3n) is 4.59. The van der Waals surface area contributed by atoms with Crippen LogP contribution >= 0.6 is 11.6 Å². The molecule has 1 saturated carbocycles. The number of pyridine rings is 1. The van der Waals surface area contributed by atoms with Crippen molar-refractivity contribution in [3.63, 3.8) is 0 Å². The number of rotatable bonds is 4. The molecule has 1 fully saturated rings. The number of fused-ring (bicyclic) bond motifs is 1. The van der Waals surface area contributed by atoms with Crippen molar-refractivity contribution in [2.24, 2.45) is 5.92 Å². The van der Waals surface area contributed by atoms with Crippen LogP contribution in [0.25, 0.3) is 10.9 Å². The standard InChI is InChI=1S/C18H23ClN2/c1-13-10-15(16-7-3-5-9-18(16)21-13)12-20-17-8-4-2-6-14(17)11-19/h3,5,7,9-10,14,17,20H,2,4,6,8,11-12H2,1H3. The first-order chi connectivity index (χ1) is 10.3. The zero-order valence-corrected chi connectivity index (χ0v) is 13.4. The normalized spacial score (nSPS) is 22.6. The number of para-hydroxylation sites is 1. The predicted octanol–water partition coefficient (Wildman–Crippen LogP) is 4.43. The maximum Gasteiger partial charge on any atom is 0.0708 e. The Hall–Kier alpha value is -1.12. The molecule has 3 rings (SSSR count). The lowest BCUT2D eigenvalue weighted by molar-refractivity contribution is 0.282. The van der Waals surface area contributed by atoms with Gasteiger partial charge in [-0.1, -0.05) is 31.0 Å². The molecule has 0 aliphatic heterocycles. The molecule has 2 atom stereocenters. The number of benzene rings is 1. The highest BCUT2D eigenvalue weighted by atomic mass is 35.5. The van der Waals surface area contributed by atoms with E-state index in [2.05, 4.69) is 47.6 Å². The van der Waals surface area contributed by atoms with Gasteiger partial charge in [-0.25, -0.2) is 0 Å². The summed E-state index contributed by atoms with van der Waals surface area (Å²) in [6.45, 7) is 2.97. The smallest absolute Gasteiger partial charge is 0.0708 e. The Labute approximate surface area is 131 Å². The molecule has 0 bridgehead atoms. The van der Waals surface area contributed by atoms with Gasteiger partial charge in [-0.05, 0) is 43.4 Å². The van der Waals surface area contributed by atoms with Crippen molar-refractivity contribution in [2.45, 2.75) is 45.2 Å². The van der Waals surface area contributed by atoms with Crippen LogP contribution in [0.2, 0.25) is 0 Å². The quantitative estimate of drug-likeness (QED) is 0.845. The first-order valence-corrected chi connectivity index (χ1v) is 8.46. The lowest BCUT2D eigenvalue weighted by Gasteiger charge is -2.31. The topological polar surface area (TPSA) is 24.9 Å². The van der Waals surface area contributed by atoms with Crippen molar-refractivity contribution < 1.29 is 0 Å². The first-order valence-electron chi connectivity index (χ1n) is 7.92. The van der Waals surface area contributed by atoms with E-state index in [1.807, 2.05) is 0 Å². The minimum absolute atomic E-state index is 0.559. The highest BCUT2D eigenvalue weighted by Crippen LogP contribution is 2.26. The van der Waals surface area contributed by atoms with Crippen molar-refractivity contribution in [2.75, 3.05) is 5.88 Å². The fraction of sp³-hybridized carbons (Fsp3) is 0.500. The fourth-order valence-electron chi connectivity index (χ4n) is 3.44. The summed E-state index contributed by atoms with van der Waals surface area (Å²) in [6, 6.07) is 11.2. The molecule has 0 saturated heterocycles. The number of alkyl halides is 1. The van der Waals surface area contributed by atoms with Crippen molar-refractivity contribution in [1.82, 2.24) is 10.3 Å². The molecule has 1 aromatic carbocycles. The molecule has 3 heteroatoms. The van der Waals surface area contributed by atoms with Crippen LogP contribution in [0.4, 0.5) is 0 Å². The van der Waals surface area contributed by atoms with Crippen LogP contribution in [-0.2, 0) is 6.54 Å². The summed E-state index contributed by atoms with van der Waals surface area (Å²) in [4.78, 5) is 4.61. The Bertz CT molecular complexity index is 611. The number of aromatic nitrogens is 1. The molecule has 0 amide bonds. The van der Waals surface area contributed by atoms with Crippen LogP contribution < -0.4 is 5.32 Å². The average Bonchev–Trinajstić information content (AvgIpc) is 2.52. The summed E-state index contributed by atoms with van der Waals surface area (Å²) in [5.41, 5.74) is 3.52. The monoisotopic (exact) mass is 302 g/mol. The molecule has 2 unspecified atom stereocenters. The summed E-state index contributed by atoms with van der Waals surface area (Å²) in [6.07, 6.45) is 5.16. The fourth-order valence-corrected chi connectivity index (χ4v) is 3.81. The summed E-state index contributed by atoms with van der Waals surface area (Å²) < 4.78 is 0. The molecule has 0 spiro atoms. The molecule has 1 aliphatic rings. The lowest BCUT2D eigenvalue weighted by atomic mass is 9.85. The van der Waals surface area contributed by atoms with Crippen molar-refractivity contribution >= 4 is 22.5 Å². The minimum atomic E-state index is 0.559. The minimum Gasteiger partial charge on any atom is -0.310 e. The molecule has 1 heterocycles. The number of nitrogens with one attached hydrogen (secondary N) is 1. The van der Waals surface area contributed by atoms with E-state index in [4.69, 9.17) is 11.6 Å². The van der Waals surface area contributed by atoms with Gasteiger partial charge >= 0.3 is 0 Å². The van der Waals surface area contributed by atoms with E-state index in [0.717, 1.165) is 23.6 Å². The maximum atomic E-state index is 6.13. The van der Waals surface area contributed by atoms with Gasteiger partial charge in [0.2, 0.25) is 0 Å². The second-order valence-electron chi connectivity index (χ2n) is 6.13. The molecule has 1 aromatic heterocycles. The second kappa shape index (κ2) is 6.76. The van der Waals surface area contributed by atoms with E-state index in [9.17, 15) is 0 Å². The van der Waals surface area contributed by atoms with E-state index in [1.54, 1.807) is 0 Å². The summed E-state index contributed by atoms with van der Waals surface area (Å²) in [7, 11) is 0.